The van der Waals surface area contributed by atoms with Gasteiger partial charge in [0, 0.05) is 43.7 Å². The van der Waals surface area contributed by atoms with Crippen molar-refractivity contribution >= 4 is 41.3 Å². The maximum Gasteiger partial charge on any atom is 0.191 e. The number of rotatable bonds is 7. The first-order valence-corrected chi connectivity index (χ1v) is 8.93. The van der Waals surface area contributed by atoms with Crippen LogP contribution in [-0.2, 0) is 19.1 Å². The molecule has 1 unspecified atom stereocenters. The fourth-order valence-electron chi connectivity index (χ4n) is 2.20. The van der Waals surface area contributed by atoms with E-state index in [1.807, 2.05) is 20.9 Å². The molecule has 25 heavy (non-hydrogen) atoms. The molecule has 0 fully saturated rings. The van der Waals surface area contributed by atoms with Gasteiger partial charge in [-0.2, -0.15) is 5.10 Å². The molecule has 2 heterocycles. The van der Waals surface area contributed by atoms with Gasteiger partial charge in [0.1, 0.15) is 5.60 Å². The average Bonchev–Trinajstić information content (AvgIpc) is 3.14. The van der Waals surface area contributed by atoms with E-state index in [2.05, 4.69) is 31.1 Å². The van der Waals surface area contributed by atoms with E-state index in [1.54, 1.807) is 35.3 Å². The predicted molar refractivity (Wildman–Crippen MR) is 113 cm³/mol. The molecule has 2 rings (SSSR count). The number of hydrogen-bond donors (Lipinski definition) is 3. The van der Waals surface area contributed by atoms with Gasteiger partial charge >= 0.3 is 0 Å². The molecule has 0 saturated heterocycles. The summed E-state index contributed by atoms with van der Waals surface area (Å²) in [7, 11) is 1.83. The van der Waals surface area contributed by atoms with Crippen LogP contribution in [0.4, 0.5) is 0 Å². The van der Waals surface area contributed by atoms with Gasteiger partial charge in [0.25, 0.3) is 0 Å². The van der Waals surface area contributed by atoms with Gasteiger partial charge in [-0.15, -0.1) is 35.3 Å². The first-order chi connectivity index (χ1) is 11.4. The third-order valence-corrected chi connectivity index (χ3v) is 4.38. The Balaban J connectivity index is 0.00000312. The van der Waals surface area contributed by atoms with Crippen LogP contribution in [0.1, 0.15) is 30.1 Å². The zero-order chi connectivity index (χ0) is 17.6. The van der Waals surface area contributed by atoms with E-state index in [1.165, 1.54) is 0 Å². The first-order valence-electron chi connectivity index (χ1n) is 8.05. The Morgan fingerprint density at radius 1 is 1.44 bits per heavy atom. The van der Waals surface area contributed by atoms with Crippen molar-refractivity contribution in [3.05, 3.63) is 34.0 Å². The minimum absolute atomic E-state index is 0. The fourth-order valence-corrected chi connectivity index (χ4v) is 2.84. The molecule has 9 heteroatoms. The fraction of sp³-hybridized carbons (Fsp3) is 0.562. The lowest BCUT2D eigenvalue weighted by Gasteiger charge is -2.20. The number of halogens is 1. The minimum atomic E-state index is -1.05. The molecule has 7 nitrogen and oxygen atoms in total. The molecule has 0 radical (unpaired) electrons. The zero-order valence-electron chi connectivity index (χ0n) is 15.1. The number of nitrogens with one attached hydrogen (secondary N) is 2. The summed E-state index contributed by atoms with van der Waals surface area (Å²) >= 11 is 1.66. The average molecular weight is 478 g/mol. The number of guanidine groups is 1. The summed E-state index contributed by atoms with van der Waals surface area (Å²) in [6.07, 6.45) is 4.31. The van der Waals surface area contributed by atoms with Crippen LogP contribution in [0.2, 0.25) is 0 Å². The Morgan fingerprint density at radius 2 is 2.20 bits per heavy atom. The van der Waals surface area contributed by atoms with Crippen LogP contribution in [0.3, 0.4) is 0 Å². The van der Waals surface area contributed by atoms with Crippen molar-refractivity contribution in [1.29, 1.82) is 0 Å². The van der Waals surface area contributed by atoms with Gasteiger partial charge in [-0.3, -0.25) is 4.68 Å². The molecule has 0 spiro atoms. The Hall–Kier alpha value is -1.20. The van der Waals surface area contributed by atoms with Crippen molar-refractivity contribution in [2.75, 3.05) is 19.6 Å². The van der Waals surface area contributed by atoms with Crippen LogP contribution in [0.15, 0.2) is 22.8 Å². The Labute approximate surface area is 170 Å². The maximum atomic E-state index is 10.6. The lowest BCUT2D eigenvalue weighted by atomic mass is 10.0. The summed E-state index contributed by atoms with van der Waals surface area (Å²) in [5.41, 5.74) is 0.786. The topological polar surface area (TPSA) is 87.4 Å². The molecule has 2 aromatic rings. The number of aryl methyl sites for hydroxylation is 2. The summed E-state index contributed by atoms with van der Waals surface area (Å²) in [5, 5.41) is 24.3. The van der Waals surface area contributed by atoms with Crippen LogP contribution in [0.25, 0.3) is 0 Å². The number of hydrogen-bond acceptors (Lipinski definition) is 5. The van der Waals surface area contributed by atoms with Crippen molar-refractivity contribution in [2.45, 2.75) is 32.8 Å². The van der Waals surface area contributed by atoms with E-state index >= 15 is 0 Å². The minimum Gasteiger partial charge on any atom is -0.383 e. The lowest BCUT2D eigenvalue weighted by Crippen LogP contribution is -2.39. The van der Waals surface area contributed by atoms with Crippen LogP contribution in [-0.4, -0.2) is 45.5 Å². The third kappa shape index (κ3) is 6.90. The smallest absolute Gasteiger partial charge is 0.191 e. The van der Waals surface area contributed by atoms with E-state index in [-0.39, 0.29) is 30.5 Å². The molecule has 0 aliphatic rings. The monoisotopic (exact) mass is 478 g/mol. The first kappa shape index (κ1) is 21.8. The summed E-state index contributed by atoms with van der Waals surface area (Å²) < 4.78 is 1.67. The third-order valence-electron chi connectivity index (χ3n) is 3.56. The number of thiazole rings is 1. The van der Waals surface area contributed by atoms with Gasteiger partial charge in [-0.05, 0) is 20.8 Å². The quantitative estimate of drug-likeness (QED) is 0.321. The van der Waals surface area contributed by atoms with Crippen molar-refractivity contribution in [1.82, 2.24) is 25.4 Å². The van der Waals surface area contributed by atoms with Gasteiger partial charge in [0.2, 0.25) is 0 Å². The molecule has 2 aromatic heterocycles. The van der Waals surface area contributed by atoms with E-state index in [0.717, 1.165) is 35.8 Å². The highest BCUT2D eigenvalue weighted by atomic mass is 127. The second-order valence-electron chi connectivity index (χ2n) is 5.91. The summed E-state index contributed by atoms with van der Waals surface area (Å²) in [6.45, 7) is 7.52. The van der Waals surface area contributed by atoms with Gasteiger partial charge in [-0.1, -0.05) is 0 Å². The second-order valence-corrected chi connectivity index (χ2v) is 6.97. The van der Waals surface area contributed by atoms with Gasteiger partial charge in [0.05, 0.1) is 23.4 Å². The molecule has 0 saturated carbocycles. The van der Waals surface area contributed by atoms with Crippen molar-refractivity contribution < 1.29 is 5.11 Å². The second kappa shape index (κ2) is 10.1. The zero-order valence-corrected chi connectivity index (χ0v) is 18.3. The molecular weight excluding hydrogens is 451 g/mol. The maximum absolute atomic E-state index is 10.6. The number of aliphatic imine (C=N–C) groups is 1. The van der Waals surface area contributed by atoms with Crippen LogP contribution in [0.5, 0.6) is 0 Å². The SMILES string of the molecule is CCNC(=NCC(C)(O)c1cnn(C)c1)NCCc1csc(C)n1.I. The van der Waals surface area contributed by atoms with Crippen LogP contribution < -0.4 is 10.6 Å². The lowest BCUT2D eigenvalue weighted by molar-refractivity contribution is 0.0672. The normalized spacial score (nSPS) is 13.9. The predicted octanol–water partition coefficient (Wildman–Crippen LogP) is 1.81. The molecule has 0 aliphatic heterocycles. The number of aromatic nitrogens is 3. The molecular formula is C16H27IN6OS. The molecule has 0 amide bonds. The highest BCUT2D eigenvalue weighted by Gasteiger charge is 2.24. The van der Waals surface area contributed by atoms with E-state index in [9.17, 15) is 5.11 Å². The highest BCUT2D eigenvalue weighted by Crippen LogP contribution is 2.19. The van der Waals surface area contributed by atoms with Gasteiger partial charge in [0.15, 0.2) is 5.96 Å². The Bertz CT molecular complexity index is 682. The largest absolute Gasteiger partial charge is 0.383 e. The van der Waals surface area contributed by atoms with Gasteiger partial charge in [-0.25, -0.2) is 9.98 Å². The van der Waals surface area contributed by atoms with Crippen molar-refractivity contribution in [3.63, 3.8) is 0 Å². The standard InChI is InChI=1S/C16H26N6OS.HI/c1-5-17-15(18-7-6-14-10-24-12(2)21-14)19-11-16(3,23)13-8-20-22(4)9-13;/h8-10,23H,5-7,11H2,1-4H3,(H2,17,18,19);1H. The van der Waals surface area contributed by atoms with Crippen molar-refractivity contribution in [2.24, 2.45) is 12.0 Å². The number of aliphatic hydroxyl groups is 1. The van der Waals surface area contributed by atoms with Crippen LogP contribution >= 0.6 is 35.3 Å². The summed E-state index contributed by atoms with van der Waals surface area (Å²) in [4.78, 5) is 8.95. The molecule has 1 atom stereocenters. The Morgan fingerprint density at radius 3 is 2.76 bits per heavy atom. The van der Waals surface area contributed by atoms with E-state index in [0.29, 0.717) is 5.96 Å². The van der Waals surface area contributed by atoms with Crippen LogP contribution in [0, 0.1) is 6.92 Å². The molecule has 140 valence electrons. The Kier molecular flexibility index (Phi) is 8.80. The summed E-state index contributed by atoms with van der Waals surface area (Å²) in [5.74, 6) is 0.689. The molecule has 3 N–H and O–H groups in total. The van der Waals surface area contributed by atoms with Crippen molar-refractivity contribution in [3.8, 4) is 0 Å². The number of nitrogens with zero attached hydrogens (tertiary/aromatic N) is 4. The summed E-state index contributed by atoms with van der Waals surface area (Å²) in [6, 6.07) is 0. The van der Waals surface area contributed by atoms with E-state index in [4.69, 9.17) is 0 Å². The van der Waals surface area contributed by atoms with Gasteiger partial charge < -0.3 is 15.7 Å². The highest BCUT2D eigenvalue weighted by molar-refractivity contribution is 14.0. The molecule has 0 aliphatic carbocycles. The van der Waals surface area contributed by atoms with E-state index < -0.39 is 5.60 Å². The molecule has 0 bridgehead atoms. The molecule has 0 aromatic carbocycles.